The Morgan fingerprint density at radius 3 is 2.73 bits per heavy atom. The maximum Gasteiger partial charge on any atom is 0.0567 e. The summed E-state index contributed by atoms with van der Waals surface area (Å²) in [5.74, 6) is 0.303. The summed E-state index contributed by atoms with van der Waals surface area (Å²) >= 11 is 0. The second kappa shape index (κ2) is 7.15. The van der Waals surface area contributed by atoms with Gasteiger partial charge in [0, 0.05) is 31.1 Å². The molecule has 0 radical (unpaired) electrons. The predicted octanol–water partition coefficient (Wildman–Crippen LogP) is 3.55. The maximum atomic E-state index is 10.2. The minimum absolute atomic E-state index is 0.270. The minimum Gasteiger partial charge on any atom is -0.393 e. The molecule has 2 aromatic rings. The second-order valence-corrected chi connectivity index (χ2v) is 8.02. The van der Waals surface area contributed by atoms with Gasteiger partial charge in [0.15, 0.2) is 0 Å². The van der Waals surface area contributed by atoms with Crippen molar-refractivity contribution < 1.29 is 5.11 Å². The van der Waals surface area contributed by atoms with Crippen LogP contribution in [0.15, 0.2) is 42.5 Å². The number of aliphatic hydroxyl groups excluding tert-OH is 1. The van der Waals surface area contributed by atoms with Crippen molar-refractivity contribution in [2.75, 3.05) is 20.1 Å². The highest BCUT2D eigenvalue weighted by molar-refractivity contribution is 5.68. The highest BCUT2D eigenvalue weighted by Crippen LogP contribution is 2.41. The van der Waals surface area contributed by atoms with Crippen molar-refractivity contribution in [2.45, 2.75) is 44.9 Å². The van der Waals surface area contributed by atoms with Gasteiger partial charge in [0.25, 0.3) is 0 Å². The molecule has 1 saturated heterocycles. The molecule has 0 aromatic heterocycles. The average molecular weight is 351 g/mol. The van der Waals surface area contributed by atoms with E-state index in [0.717, 1.165) is 25.9 Å². The van der Waals surface area contributed by atoms with Crippen LogP contribution in [0.2, 0.25) is 0 Å². The summed E-state index contributed by atoms with van der Waals surface area (Å²) in [6, 6.07) is 16.5. The van der Waals surface area contributed by atoms with Gasteiger partial charge in [0.1, 0.15) is 0 Å². The van der Waals surface area contributed by atoms with Crippen molar-refractivity contribution in [3.05, 3.63) is 59.2 Å². The largest absolute Gasteiger partial charge is 0.393 e. The lowest BCUT2D eigenvalue weighted by atomic mass is 9.78. The van der Waals surface area contributed by atoms with Crippen LogP contribution in [0.3, 0.4) is 0 Å². The zero-order chi connectivity index (χ0) is 18.3. The third-order valence-electron chi connectivity index (χ3n) is 6.50. The third kappa shape index (κ3) is 3.09. The summed E-state index contributed by atoms with van der Waals surface area (Å²) in [5.41, 5.74) is 6.96. The van der Waals surface area contributed by atoms with Crippen LogP contribution >= 0.6 is 0 Å². The molecule has 2 aliphatic heterocycles. The van der Waals surface area contributed by atoms with Crippen LogP contribution in [0.4, 0.5) is 0 Å². The van der Waals surface area contributed by atoms with Crippen molar-refractivity contribution in [3.63, 3.8) is 0 Å². The normalized spacial score (nSPS) is 26.8. The van der Waals surface area contributed by atoms with E-state index in [2.05, 4.69) is 59.6 Å². The first-order chi connectivity index (χ1) is 12.6. The van der Waals surface area contributed by atoms with E-state index in [1.807, 2.05) is 14.0 Å². The Hall–Kier alpha value is -1.68. The molecule has 0 amide bonds. The van der Waals surface area contributed by atoms with Gasteiger partial charge in [-0.15, -0.1) is 0 Å². The Morgan fingerprint density at radius 2 is 2.00 bits per heavy atom. The fourth-order valence-corrected chi connectivity index (χ4v) is 4.94. The fourth-order valence-electron chi connectivity index (χ4n) is 4.94. The molecule has 2 aromatic carbocycles. The molecule has 2 N–H and O–H groups in total. The van der Waals surface area contributed by atoms with Gasteiger partial charge in [-0.3, -0.25) is 4.90 Å². The molecule has 26 heavy (non-hydrogen) atoms. The van der Waals surface area contributed by atoms with E-state index in [-0.39, 0.29) is 6.10 Å². The van der Waals surface area contributed by atoms with E-state index < -0.39 is 0 Å². The van der Waals surface area contributed by atoms with Gasteiger partial charge in [0.05, 0.1) is 6.10 Å². The first-order valence-corrected chi connectivity index (χ1v) is 9.86. The lowest BCUT2D eigenvalue weighted by molar-refractivity contribution is 0.00853. The maximum absolute atomic E-state index is 10.2. The van der Waals surface area contributed by atoms with E-state index in [9.17, 15) is 5.11 Å². The molecule has 0 bridgehead atoms. The van der Waals surface area contributed by atoms with Crippen LogP contribution in [-0.4, -0.2) is 42.3 Å². The summed E-state index contributed by atoms with van der Waals surface area (Å²) in [6.45, 7) is 6.19. The molecular formula is C23H30N2O. The molecule has 0 spiro atoms. The lowest BCUT2D eigenvalue weighted by Crippen LogP contribution is -2.54. The number of hydrogen-bond donors (Lipinski definition) is 2. The Balaban J connectivity index is 1.70. The van der Waals surface area contributed by atoms with Gasteiger partial charge in [0.2, 0.25) is 0 Å². The number of nitrogens with zero attached hydrogens (tertiary/aromatic N) is 1. The lowest BCUT2D eigenvalue weighted by Gasteiger charge is -2.48. The topological polar surface area (TPSA) is 35.5 Å². The quantitative estimate of drug-likeness (QED) is 0.889. The Kier molecular flexibility index (Phi) is 4.87. The van der Waals surface area contributed by atoms with Crippen LogP contribution in [0.1, 0.15) is 36.1 Å². The molecule has 1 fully saturated rings. The number of fused-ring (bicyclic) bond motifs is 3. The molecule has 0 saturated carbocycles. The molecule has 0 unspecified atom stereocenters. The smallest absolute Gasteiger partial charge is 0.0567 e. The molecule has 2 heterocycles. The summed E-state index contributed by atoms with van der Waals surface area (Å²) in [7, 11) is 2.03. The first kappa shape index (κ1) is 17.7. The summed E-state index contributed by atoms with van der Waals surface area (Å²) in [4.78, 5) is 2.59. The predicted molar refractivity (Wildman–Crippen MR) is 107 cm³/mol. The number of nitrogens with one attached hydrogen (secondary N) is 1. The molecule has 0 aliphatic carbocycles. The van der Waals surface area contributed by atoms with Gasteiger partial charge in [-0.2, -0.15) is 0 Å². The summed E-state index contributed by atoms with van der Waals surface area (Å²) in [5, 5.41) is 13.7. The number of piperidine rings is 1. The van der Waals surface area contributed by atoms with Crippen molar-refractivity contribution in [1.82, 2.24) is 10.2 Å². The molecule has 3 nitrogen and oxygen atoms in total. The Morgan fingerprint density at radius 1 is 1.19 bits per heavy atom. The molecular weight excluding hydrogens is 320 g/mol. The van der Waals surface area contributed by atoms with E-state index in [1.165, 1.54) is 27.8 Å². The van der Waals surface area contributed by atoms with E-state index in [1.54, 1.807) is 0 Å². The van der Waals surface area contributed by atoms with E-state index in [4.69, 9.17) is 0 Å². The summed E-state index contributed by atoms with van der Waals surface area (Å²) in [6.07, 6.45) is 1.90. The Labute approximate surface area is 157 Å². The zero-order valence-corrected chi connectivity index (χ0v) is 16.1. The van der Waals surface area contributed by atoms with Gasteiger partial charge in [-0.25, -0.2) is 0 Å². The number of aryl methyl sites for hydroxylation is 1. The third-order valence-corrected chi connectivity index (χ3v) is 6.50. The average Bonchev–Trinajstić information content (AvgIpc) is 2.66. The molecule has 3 heteroatoms. The van der Waals surface area contributed by atoms with Crippen LogP contribution in [-0.2, 0) is 6.42 Å². The second-order valence-electron chi connectivity index (χ2n) is 8.02. The zero-order valence-electron chi connectivity index (χ0n) is 16.1. The number of aliphatic hydroxyl groups is 1. The van der Waals surface area contributed by atoms with Crippen LogP contribution < -0.4 is 5.32 Å². The molecule has 4 atom stereocenters. The van der Waals surface area contributed by atoms with Gasteiger partial charge in [-0.05, 0) is 67.6 Å². The first-order valence-electron chi connectivity index (χ1n) is 9.86. The number of benzene rings is 2. The van der Waals surface area contributed by atoms with Crippen molar-refractivity contribution in [3.8, 4) is 11.1 Å². The monoisotopic (exact) mass is 350 g/mol. The minimum atomic E-state index is -0.270. The summed E-state index contributed by atoms with van der Waals surface area (Å²) < 4.78 is 0. The molecule has 138 valence electrons. The molecule has 4 rings (SSSR count). The van der Waals surface area contributed by atoms with Crippen LogP contribution in [0, 0.1) is 12.8 Å². The Bertz CT molecular complexity index is 786. The van der Waals surface area contributed by atoms with Crippen LogP contribution in [0.25, 0.3) is 11.1 Å². The van der Waals surface area contributed by atoms with Crippen molar-refractivity contribution in [1.29, 1.82) is 0 Å². The van der Waals surface area contributed by atoms with Crippen LogP contribution in [0.5, 0.6) is 0 Å². The standard InChI is InChI=1S/C23H30N2O/c1-15-6-4-5-7-19(15)18-9-8-17-10-11-25-14-21(16(2)26)22(24-3)13-23(25)20(17)12-18/h4-9,12,16,21-24,26H,10-11,13-14H2,1-3H3/t16-,21-,22-,23-/m0/s1. The van der Waals surface area contributed by atoms with Gasteiger partial charge < -0.3 is 10.4 Å². The van der Waals surface area contributed by atoms with E-state index in [0.29, 0.717) is 18.0 Å². The number of rotatable bonds is 3. The SMILES string of the molecule is CN[C@H]1C[C@H]2c3cc(-c4ccccc4C)ccc3CCN2C[C@H]1[C@H](C)O. The molecule has 2 aliphatic rings. The van der Waals surface area contributed by atoms with Gasteiger partial charge >= 0.3 is 0 Å². The van der Waals surface area contributed by atoms with Crippen molar-refractivity contribution in [2.24, 2.45) is 5.92 Å². The van der Waals surface area contributed by atoms with E-state index >= 15 is 0 Å². The highest BCUT2D eigenvalue weighted by Gasteiger charge is 2.39. The number of hydrogen-bond acceptors (Lipinski definition) is 3. The highest BCUT2D eigenvalue weighted by atomic mass is 16.3. The fraction of sp³-hybridized carbons (Fsp3) is 0.478. The van der Waals surface area contributed by atoms with Gasteiger partial charge in [-0.1, -0.05) is 36.4 Å². The van der Waals surface area contributed by atoms with Crippen molar-refractivity contribution >= 4 is 0 Å².